The van der Waals surface area contributed by atoms with Crippen LogP contribution in [0.15, 0.2) is 42.5 Å². The average molecular weight is 212 g/mol. The van der Waals surface area contributed by atoms with Gasteiger partial charge in [-0.2, -0.15) is 0 Å². The van der Waals surface area contributed by atoms with Gasteiger partial charge in [0, 0.05) is 11.4 Å². The first kappa shape index (κ1) is 10.6. The standard InChI is InChI=1S/C14H16N2/c1-10-5-6-12(9-14(10)16)7-11-3-2-4-13(15)8-11/h2-6,8-9H,7,15-16H2,1H3. The molecule has 2 heteroatoms. The Morgan fingerprint density at radius 3 is 2.38 bits per heavy atom. The third-order valence-corrected chi connectivity index (χ3v) is 2.70. The van der Waals surface area contributed by atoms with Gasteiger partial charge in [-0.05, 0) is 48.2 Å². The van der Waals surface area contributed by atoms with Crippen molar-refractivity contribution in [2.24, 2.45) is 0 Å². The molecule has 0 saturated heterocycles. The molecule has 0 saturated carbocycles. The average Bonchev–Trinajstić information content (AvgIpc) is 2.24. The maximum atomic E-state index is 5.88. The second-order valence-electron chi connectivity index (χ2n) is 4.11. The Hall–Kier alpha value is -1.96. The fourth-order valence-electron chi connectivity index (χ4n) is 1.74. The van der Waals surface area contributed by atoms with Crippen molar-refractivity contribution in [3.8, 4) is 0 Å². The Labute approximate surface area is 95.9 Å². The van der Waals surface area contributed by atoms with E-state index >= 15 is 0 Å². The summed E-state index contributed by atoms with van der Waals surface area (Å²) in [4.78, 5) is 0. The summed E-state index contributed by atoms with van der Waals surface area (Å²) in [6.07, 6.45) is 0.871. The molecule has 0 fully saturated rings. The van der Waals surface area contributed by atoms with Crippen molar-refractivity contribution in [3.63, 3.8) is 0 Å². The summed E-state index contributed by atoms with van der Waals surface area (Å²) in [6, 6.07) is 14.1. The maximum Gasteiger partial charge on any atom is 0.0346 e. The van der Waals surface area contributed by atoms with E-state index in [1.54, 1.807) is 0 Å². The number of aryl methyl sites for hydroxylation is 1. The largest absolute Gasteiger partial charge is 0.399 e. The van der Waals surface area contributed by atoms with Gasteiger partial charge in [-0.25, -0.2) is 0 Å². The Morgan fingerprint density at radius 1 is 0.938 bits per heavy atom. The summed E-state index contributed by atoms with van der Waals surface area (Å²) >= 11 is 0. The van der Waals surface area contributed by atoms with Gasteiger partial charge in [0.15, 0.2) is 0 Å². The molecule has 2 rings (SSSR count). The molecule has 2 aromatic rings. The van der Waals surface area contributed by atoms with Crippen LogP contribution in [0, 0.1) is 6.92 Å². The summed E-state index contributed by atoms with van der Waals surface area (Å²) in [7, 11) is 0. The molecule has 0 amide bonds. The van der Waals surface area contributed by atoms with E-state index in [9.17, 15) is 0 Å². The van der Waals surface area contributed by atoms with Crippen LogP contribution in [0.2, 0.25) is 0 Å². The third-order valence-electron chi connectivity index (χ3n) is 2.70. The first-order valence-electron chi connectivity index (χ1n) is 5.34. The van der Waals surface area contributed by atoms with Crippen LogP contribution < -0.4 is 11.5 Å². The van der Waals surface area contributed by atoms with Crippen LogP contribution in [-0.4, -0.2) is 0 Å². The molecule has 0 bridgehead atoms. The van der Waals surface area contributed by atoms with Crippen molar-refractivity contribution >= 4 is 11.4 Å². The lowest BCUT2D eigenvalue weighted by Gasteiger charge is -2.06. The minimum Gasteiger partial charge on any atom is -0.399 e. The summed E-state index contributed by atoms with van der Waals surface area (Å²) in [5, 5.41) is 0. The van der Waals surface area contributed by atoms with Crippen molar-refractivity contribution in [1.82, 2.24) is 0 Å². The van der Waals surface area contributed by atoms with Gasteiger partial charge in [0.05, 0.1) is 0 Å². The number of hydrogen-bond acceptors (Lipinski definition) is 2. The number of rotatable bonds is 2. The highest BCUT2D eigenvalue weighted by Crippen LogP contribution is 2.17. The van der Waals surface area contributed by atoms with Gasteiger partial charge in [-0.1, -0.05) is 24.3 Å². The minimum atomic E-state index is 0.803. The summed E-state index contributed by atoms with van der Waals surface area (Å²) < 4.78 is 0. The Bertz CT molecular complexity index is 504. The van der Waals surface area contributed by atoms with Gasteiger partial charge in [0.25, 0.3) is 0 Å². The predicted octanol–water partition coefficient (Wildman–Crippen LogP) is 2.75. The molecule has 2 aromatic carbocycles. The van der Waals surface area contributed by atoms with Gasteiger partial charge < -0.3 is 11.5 Å². The Morgan fingerprint density at radius 2 is 1.69 bits per heavy atom. The first-order valence-corrected chi connectivity index (χ1v) is 5.34. The van der Waals surface area contributed by atoms with Crippen LogP contribution in [0.25, 0.3) is 0 Å². The van der Waals surface area contributed by atoms with Gasteiger partial charge in [0.2, 0.25) is 0 Å². The Balaban J connectivity index is 2.24. The van der Waals surface area contributed by atoms with Crippen LogP contribution in [-0.2, 0) is 6.42 Å². The van der Waals surface area contributed by atoms with Gasteiger partial charge in [-0.3, -0.25) is 0 Å². The summed E-state index contributed by atoms with van der Waals surface area (Å²) in [5.74, 6) is 0. The van der Waals surface area contributed by atoms with E-state index in [0.29, 0.717) is 0 Å². The molecule has 0 aliphatic rings. The fourth-order valence-corrected chi connectivity index (χ4v) is 1.74. The maximum absolute atomic E-state index is 5.88. The molecule has 0 unspecified atom stereocenters. The number of benzene rings is 2. The topological polar surface area (TPSA) is 52.0 Å². The number of nitrogens with two attached hydrogens (primary N) is 2. The molecule has 0 spiro atoms. The number of hydrogen-bond donors (Lipinski definition) is 2. The molecule has 0 atom stereocenters. The van der Waals surface area contributed by atoms with Crippen LogP contribution in [0.4, 0.5) is 11.4 Å². The Kier molecular flexibility index (Phi) is 2.82. The van der Waals surface area contributed by atoms with Crippen LogP contribution >= 0.6 is 0 Å². The van der Waals surface area contributed by atoms with E-state index in [1.165, 1.54) is 11.1 Å². The van der Waals surface area contributed by atoms with Crippen LogP contribution in [0.5, 0.6) is 0 Å². The lowest BCUT2D eigenvalue weighted by molar-refractivity contribution is 1.19. The van der Waals surface area contributed by atoms with Crippen molar-refractivity contribution in [2.45, 2.75) is 13.3 Å². The third kappa shape index (κ3) is 2.34. The normalized spacial score (nSPS) is 10.3. The monoisotopic (exact) mass is 212 g/mol. The highest BCUT2D eigenvalue weighted by Gasteiger charge is 1.99. The summed E-state index contributed by atoms with van der Waals surface area (Å²) in [6.45, 7) is 2.01. The van der Waals surface area contributed by atoms with E-state index in [0.717, 1.165) is 23.4 Å². The highest BCUT2D eigenvalue weighted by atomic mass is 14.6. The smallest absolute Gasteiger partial charge is 0.0346 e. The molecule has 0 heterocycles. The predicted molar refractivity (Wildman–Crippen MR) is 69.3 cm³/mol. The van der Waals surface area contributed by atoms with Gasteiger partial charge in [-0.15, -0.1) is 0 Å². The minimum absolute atomic E-state index is 0.803. The number of anilines is 2. The molecule has 0 aromatic heterocycles. The lowest BCUT2D eigenvalue weighted by Crippen LogP contribution is -1.94. The fraction of sp³-hybridized carbons (Fsp3) is 0.143. The molecule has 0 radical (unpaired) electrons. The number of nitrogen functional groups attached to an aromatic ring is 2. The van der Waals surface area contributed by atoms with E-state index in [4.69, 9.17) is 11.5 Å². The molecule has 0 aliphatic heterocycles. The van der Waals surface area contributed by atoms with Crippen molar-refractivity contribution in [2.75, 3.05) is 11.5 Å². The molecule has 2 nitrogen and oxygen atoms in total. The van der Waals surface area contributed by atoms with Crippen molar-refractivity contribution < 1.29 is 0 Å². The SMILES string of the molecule is Cc1ccc(Cc2cccc(N)c2)cc1N. The van der Waals surface area contributed by atoms with E-state index in [1.807, 2.05) is 31.2 Å². The quantitative estimate of drug-likeness (QED) is 0.752. The van der Waals surface area contributed by atoms with E-state index in [-0.39, 0.29) is 0 Å². The molecule has 4 N–H and O–H groups in total. The molecule has 82 valence electrons. The van der Waals surface area contributed by atoms with Crippen molar-refractivity contribution in [1.29, 1.82) is 0 Å². The highest BCUT2D eigenvalue weighted by molar-refractivity contribution is 5.50. The molecule has 16 heavy (non-hydrogen) atoms. The second kappa shape index (κ2) is 4.27. The second-order valence-corrected chi connectivity index (χ2v) is 4.11. The zero-order valence-corrected chi connectivity index (χ0v) is 9.40. The summed E-state index contributed by atoms with van der Waals surface area (Å²) in [5.41, 5.74) is 16.8. The molecular weight excluding hydrogens is 196 g/mol. The van der Waals surface area contributed by atoms with Crippen molar-refractivity contribution in [3.05, 3.63) is 59.2 Å². The zero-order chi connectivity index (χ0) is 11.5. The van der Waals surface area contributed by atoms with Crippen LogP contribution in [0.3, 0.4) is 0 Å². The molecule has 0 aliphatic carbocycles. The lowest BCUT2D eigenvalue weighted by atomic mass is 10.0. The first-order chi connectivity index (χ1) is 7.65. The van der Waals surface area contributed by atoms with Crippen LogP contribution in [0.1, 0.15) is 16.7 Å². The van der Waals surface area contributed by atoms with E-state index in [2.05, 4.69) is 18.2 Å². The molecular formula is C14H16N2. The van der Waals surface area contributed by atoms with E-state index < -0.39 is 0 Å². The zero-order valence-electron chi connectivity index (χ0n) is 9.40. The van der Waals surface area contributed by atoms with Gasteiger partial charge >= 0.3 is 0 Å². The van der Waals surface area contributed by atoms with Gasteiger partial charge in [0.1, 0.15) is 0 Å².